The van der Waals surface area contributed by atoms with Crippen molar-refractivity contribution in [2.75, 3.05) is 0 Å². The molecule has 136 valence electrons. The van der Waals surface area contributed by atoms with E-state index in [-0.39, 0.29) is 23.2 Å². The van der Waals surface area contributed by atoms with Crippen molar-refractivity contribution < 1.29 is 9.18 Å². The Bertz CT molecular complexity index is 1050. The fraction of sp³-hybridized carbons (Fsp3) is 0.263. The van der Waals surface area contributed by atoms with E-state index in [0.717, 1.165) is 5.52 Å². The van der Waals surface area contributed by atoms with E-state index in [9.17, 15) is 14.0 Å². The maximum Gasteiger partial charge on any atom is 0.329 e. The lowest BCUT2D eigenvalue weighted by atomic mass is 9.94. The van der Waals surface area contributed by atoms with Crippen LogP contribution in [0.1, 0.15) is 19.4 Å². The van der Waals surface area contributed by atoms with Crippen LogP contribution in [-0.4, -0.2) is 15.0 Å². The standard InChI is InChI=1S/C19H19ClFN3O2/c1-19(2,13-9-8-12(21)10-14(13)20)22-17(25)11-24-16-7-5-4-6-15(16)23(3)18(24)26/h4-10H,11H2,1-3H3,(H,22,25). The van der Waals surface area contributed by atoms with E-state index < -0.39 is 11.4 Å². The maximum absolute atomic E-state index is 13.3. The molecule has 0 spiro atoms. The minimum atomic E-state index is -0.823. The number of hydrogen-bond acceptors (Lipinski definition) is 2. The number of rotatable bonds is 4. The molecule has 0 saturated carbocycles. The Morgan fingerprint density at radius 2 is 1.85 bits per heavy atom. The van der Waals surface area contributed by atoms with Crippen molar-refractivity contribution in [1.29, 1.82) is 0 Å². The predicted molar refractivity (Wildman–Crippen MR) is 99.8 cm³/mol. The van der Waals surface area contributed by atoms with Gasteiger partial charge in [0.2, 0.25) is 5.91 Å². The highest BCUT2D eigenvalue weighted by molar-refractivity contribution is 6.31. The van der Waals surface area contributed by atoms with Crippen LogP contribution in [0.2, 0.25) is 5.02 Å². The van der Waals surface area contributed by atoms with E-state index in [4.69, 9.17) is 11.6 Å². The third-order valence-electron chi connectivity index (χ3n) is 4.41. The van der Waals surface area contributed by atoms with Gasteiger partial charge in [0, 0.05) is 12.1 Å². The van der Waals surface area contributed by atoms with Crippen LogP contribution in [0.4, 0.5) is 4.39 Å². The molecule has 1 heterocycles. The lowest BCUT2D eigenvalue weighted by Crippen LogP contribution is -2.43. The number of benzene rings is 2. The van der Waals surface area contributed by atoms with E-state index in [1.165, 1.54) is 21.3 Å². The summed E-state index contributed by atoms with van der Waals surface area (Å²) in [6.07, 6.45) is 0. The Labute approximate surface area is 155 Å². The molecule has 26 heavy (non-hydrogen) atoms. The first-order chi connectivity index (χ1) is 12.2. The number of nitrogens with one attached hydrogen (secondary N) is 1. The van der Waals surface area contributed by atoms with Crippen molar-refractivity contribution >= 4 is 28.5 Å². The minimum absolute atomic E-state index is 0.123. The summed E-state index contributed by atoms with van der Waals surface area (Å²) in [5, 5.41) is 3.10. The molecule has 0 radical (unpaired) electrons. The third kappa shape index (κ3) is 3.24. The van der Waals surface area contributed by atoms with Gasteiger partial charge in [-0.25, -0.2) is 9.18 Å². The normalized spacial score (nSPS) is 11.7. The van der Waals surface area contributed by atoms with Crippen molar-refractivity contribution in [3.63, 3.8) is 0 Å². The quantitative estimate of drug-likeness (QED) is 0.761. The molecular weight excluding hydrogens is 357 g/mol. The largest absolute Gasteiger partial charge is 0.346 e. The fourth-order valence-corrected chi connectivity index (χ4v) is 3.51. The Morgan fingerprint density at radius 3 is 2.50 bits per heavy atom. The molecule has 1 N–H and O–H groups in total. The highest BCUT2D eigenvalue weighted by atomic mass is 35.5. The van der Waals surface area contributed by atoms with Gasteiger partial charge in [0.1, 0.15) is 12.4 Å². The Hall–Kier alpha value is -2.60. The summed E-state index contributed by atoms with van der Waals surface area (Å²) >= 11 is 6.11. The van der Waals surface area contributed by atoms with Gasteiger partial charge in [0.15, 0.2) is 0 Å². The van der Waals surface area contributed by atoms with Gasteiger partial charge in [0.05, 0.1) is 16.6 Å². The molecule has 5 nitrogen and oxygen atoms in total. The van der Waals surface area contributed by atoms with Crippen molar-refractivity contribution in [3.8, 4) is 0 Å². The Balaban J connectivity index is 1.87. The zero-order chi connectivity index (χ0) is 19.1. The first-order valence-corrected chi connectivity index (χ1v) is 8.49. The molecule has 1 amide bonds. The van der Waals surface area contributed by atoms with Crippen molar-refractivity contribution in [2.45, 2.75) is 25.9 Å². The number of aromatic nitrogens is 2. The lowest BCUT2D eigenvalue weighted by Gasteiger charge is -2.28. The van der Waals surface area contributed by atoms with E-state index >= 15 is 0 Å². The lowest BCUT2D eigenvalue weighted by molar-refractivity contribution is -0.123. The van der Waals surface area contributed by atoms with Crippen molar-refractivity contribution in [2.24, 2.45) is 7.05 Å². The highest BCUT2D eigenvalue weighted by Crippen LogP contribution is 2.28. The number of nitrogens with zero attached hydrogens (tertiary/aromatic N) is 2. The average Bonchev–Trinajstić information content (AvgIpc) is 2.79. The molecule has 0 bridgehead atoms. The number of aryl methyl sites for hydroxylation is 1. The molecule has 3 rings (SSSR count). The van der Waals surface area contributed by atoms with Gasteiger partial charge >= 0.3 is 5.69 Å². The SMILES string of the molecule is Cn1c(=O)n(CC(=O)NC(C)(C)c2ccc(F)cc2Cl)c2ccccc21. The molecule has 0 atom stereocenters. The van der Waals surface area contributed by atoms with Crippen molar-refractivity contribution in [3.05, 3.63) is 69.4 Å². The average molecular weight is 376 g/mol. The molecule has 0 saturated heterocycles. The smallest absolute Gasteiger partial charge is 0.329 e. The fourth-order valence-electron chi connectivity index (χ4n) is 3.11. The third-order valence-corrected chi connectivity index (χ3v) is 4.72. The van der Waals surface area contributed by atoms with Crippen LogP contribution in [0.5, 0.6) is 0 Å². The van der Waals surface area contributed by atoms with Gasteiger partial charge < -0.3 is 5.32 Å². The molecule has 0 aliphatic rings. The second kappa shape index (κ2) is 6.61. The van der Waals surface area contributed by atoms with Crippen LogP contribution in [0.25, 0.3) is 11.0 Å². The summed E-state index contributed by atoms with van der Waals surface area (Å²) in [6.45, 7) is 3.42. The van der Waals surface area contributed by atoms with Crippen LogP contribution < -0.4 is 11.0 Å². The first kappa shape index (κ1) is 18.2. The van der Waals surface area contributed by atoms with Gasteiger partial charge in [-0.2, -0.15) is 0 Å². The summed E-state index contributed by atoms with van der Waals surface area (Å²) in [5.41, 5.74) is 0.952. The van der Waals surface area contributed by atoms with E-state index in [1.54, 1.807) is 33.0 Å². The molecule has 7 heteroatoms. The minimum Gasteiger partial charge on any atom is -0.346 e. The molecule has 0 aliphatic carbocycles. The molecule has 1 aromatic heterocycles. The number of carbonyl (C=O) groups excluding carboxylic acids is 1. The number of carbonyl (C=O) groups is 1. The number of halogens is 2. The summed E-state index contributed by atoms with van der Waals surface area (Å²) in [7, 11) is 1.67. The Kier molecular flexibility index (Phi) is 4.63. The first-order valence-electron chi connectivity index (χ1n) is 8.11. The zero-order valence-electron chi connectivity index (χ0n) is 14.7. The number of para-hydroxylation sites is 2. The van der Waals surface area contributed by atoms with Gasteiger partial charge in [-0.05, 0) is 43.7 Å². The highest BCUT2D eigenvalue weighted by Gasteiger charge is 2.26. The van der Waals surface area contributed by atoms with Gasteiger partial charge in [0.25, 0.3) is 0 Å². The van der Waals surface area contributed by atoms with Crippen LogP contribution in [-0.2, 0) is 23.9 Å². The second-order valence-corrected chi connectivity index (χ2v) is 7.12. The van der Waals surface area contributed by atoms with E-state index in [1.807, 2.05) is 18.2 Å². The molecule has 0 aliphatic heterocycles. The van der Waals surface area contributed by atoms with E-state index in [2.05, 4.69) is 5.32 Å². The number of fused-ring (bicyclic) bond motifs is 1. The summed E-state index contributed by atoms with van der Waals surface area (Å²) in [4.78, 5) is 25.0. The van der Waals surface area contributed by atoms with Gasteiger partial charge in [-0.1, -0.05) is 29.8 Å². The zero-order valence-corrected chi connectivity index (χ0v) is 15.5. The second-order valence-electron chi connectivity index (χ2n) is 6.71. The number of amides is 1. The monoisotopic (exact) mass is 375 g/mol. The van der Waals surface area contributed by atoms with Crippen LogP contribution in [0.15, 0.2) is 47.3 Å². The summed E-state index contributed by atoms with van der Waals surface area (Å²) in [5.74, 6) is -0.781. The predicted octanol–water partition coefficient (Wildman–Crippen LogP) is 3.18. The summed E-state index contributed by atoms with van der Waals surface area (Å²) in [6, 6.07) is 11.3. The number of hydrogen-bond donors (Lipinski definition) is 1. The van der Waals surface area contributed by atoms with Gasteiger partial charge in [-0.15, -0.1) is 0 Å². The molecule has 3 aromatic rings. The van der Waals surface area contributed by atoms with Crippen LogP contribution in [0.3, 0.4) is 0 Å². The molecule has 0 unspecified atom stereocenters. The topological polar surface area (TPSA) is 56.0 Å². The molecular formula is C19H19ClFN3O2. The van der Waals surface area contributed by atoms with Crippen molar-refractivity contribution in [1.82, 2.24) is 14.5 Å². The van der Waals surface area contributed by atoms with Gasteiger partial charge in [-0.3, -0.25) is 13.9 Å². The molecule has 2 aromatic carbocycles. The molecule has 0 fully saturated rings. The number of imidazole rings is 1. The van der Waals surface area contributed by atoms with E-state index in [0.29, 0.717) is 11.1 Å². The maximum atomic E-state index is 13.3. The van der Waals surface area contributed by atoms with Crippen LogP contribution >= 0.6 is 11.6 Å². The Morgan fingerprint density at radius 1 is 1.19 bits per heavy atom. The summed E-state index contributed by atoms with van der Waals surface area (Å²) < 4.78 is 16.2. The van der Waals surface area contributed by atoms with Crippen LogP contribution in [0, 0.1) is 5.82 Å².